The Balaban J connectivity index is 1.54. The van der Waals surface area contributed by atoms with E-state index >= 15 is 0 Å². The first-order valence-corrected chi connectivity index (χ1v) is 10.2. The van der Waals surface area contributed by atoms with E-state index < -0.39 is 18.5 Å². The quantitative estimate of drug-likeness (QED) is 0.459. The Kier molecular flexibility index (Phi) is 6.04. The van der Waals surface area contributed by atoms with Crippen molar-refractivity contribution in [3.8, 4) is 17.4 Å². The predicted octanol–water partition coefficient (Wildman–Crippen LogP) is 3.95. The van der Waals surface area contributed by atoms with Gasteiger partial charge in [-0.05, 0) is 49.7 Å². The first kappa shape index (κ1) is 21.6. The summed E-state index contributed by atoms with van der Waals surface area (Å²) in [6, 6.07) is 20.2. The lowest BCUT2D eigenvalue weighted by Gasteiger charge is -2.13. The van der Waals surface area contributed by atoms with Gasteiger partial charge in [0, 0.05) is 23.8 Å². The van der Waals surface area contributed by atoms with E-state index in [1.165, 1.54) is 0 Å². The number of esters is 1. The fraction of sp³-hybridized carbons (Fsp3) is 0.120. The van der Waals surface area contributed by atoms with Gasteiger partial charge in [0.15, 0.2) is 6.61 Å². The highest BCUT2D eigenvalue weighted by atomic mass is 16.5. The largest absolute Gasteiger partial charge is 0.452 e. The summed E-state index contributed by atoms with van der Waals surface area (Å²) < 4.78 is 8.63. The molecule has 0 radical (unpaired) electrons. The number of carbonyl (C=O) groups excluding carboxylic acids is 2. The van der Waals surface area contributed by atoms with Crippen LogP contribution in [-0.4, -0.2) is 32.8 Å². The second-order valence-electron chi connectivity index (χ2n) is 7.31. The highest BCUT2D eigenvalue weighted by molar-refractivity contribution is 5.97. The first-order valence-electron chi connectivity index (χ1n) is 10.2. The van der Waals surface area contributed by atoms with Crippen LogP contribution in [0.1, 0.15) is 27.2 Å². The van der Waals surface area contributed by atoms with Gasteiger partial charge in [-0.3, -0.25) is 9.36 Å². The molecule has 2 heterocycles. The van der Waals surface area contributed by atoms with Crippen LogP contribution in [0.15, 0.2) is 73.1 Å². The Morgan fingerprint density at radius 1 is 1.06 bits per heavy atom. The second kappa shape index (κ2) is 9.24. The van der Waals surface area contributed by atoms with Crippen LogP contribution >= 0.6 is 0 Å². The van der Waals surface area contributed by atoms with Crippen molar-refractivity contribution < 1.29 is 14.3 Å². The molecule has 8 nitrogen and oxygen atoms in total. The number of nitrogens with one attached hydrogen (secondary N) is 1. The standard InChI is InChI=1S/C25H21N5O3/c1-17-18(2)30(19-9-4-3-5-10-19)24(21(17)15-26)28-23(31)16-33-25(32)20-11-6-7-12-22(20)29-14-8-13-27-29/h3-14H,16H2,1-2H3,(H,28,31). The molecule has 2 aromatic heterocycles. The van der Waals surface area contributed by atoms with Crippen LogP contribution in [0.4, 0.5) is 5.82 Å². The van der Waals surface area contributed by atoms with Gasteiger partial charge in [0.2, 0.25) is 0 Å². The number of benzene rings is 2. The molecule has 0 fully saturated rings. The third-order valence-corrected chi connectivity index (χ3v) is 5.31. The maximum absolute atomic E-state index is 12.7. The fourth-order valence-corrected chi connectivity index (χ4v) is 3.60. The lowest BCUT2D eigenvalue weighted by atomic mass is 10.2. The Labute approximate surface area is 190 Å². The Hall–Kier alpha value is -4.64. The molecule has 2 aromatic carbocycles. The molecule has 0 unspecified atom stereocenters. The number of anilines is 1. The van der Waals surface area contributed by atoms with Gasteiger partial charge in [-0.1, -0.05) is 30.3 Å². The van der Waals surface area contributed by atoms with E-state index in [0.717, 1.165) is 16.9 Å². The van der Waals surface area contributed by atoms with Crippen LogP contribution < -0.4 is 5.32 Å². The van der Waals surface area contributed by atoms with Crippen molar-refractivity contribution in [2.75, 3.05) is 11.9 Å². The summed E-state index contributed by atoms with van der Waals surface area (Å²) in [6.07, 6.45) is 3.32. The molecule has 0 aliphatic rings. The zero-order valence-electron chi connectivity index (χ0n) is 18.1. The molecule has 0 bridgehead atoms. The topological polar surface area (TPSA) is 102 Å². The number of aromatic nitrogens is 3. The van der Waals surface area contributed by atoms with E-state index in [9.17, 15) is 14.9 Å². The predicted molar refractivity (Wildman–Crippen MR) is 122 cm³/mol. The van der Waals surface area contributed by atoms with Crippen molar-refractivity contribution in [3.63, 3.8) is 0 Å². The molecule has 4 aromatic rings. The summed E-state index contributed by atoms with van der Waals surface area (Å²) in [5.74, 6) is -0.856. The summed E-state index contributed by atoms with van der Waals surface area (Å²) in [4.78, 5) is 25.4. The third kappa shape index (κ3) is 4.25. The van der Waals surface area contributed by atoms with Crippen molar-refractivity contribution in [3.05, 3.63) is 95.4 Å². The maximum atomic E-state index is 12.7. The van der Waals surface area contributed by atoms with E-state index in [2.05, 4.69) is 16.5 Å². The van der Waals surface area contributed by atoms with E-state index in [4.69, 9.17) is 4.74 Å². The molecule has 0 atom stereocenters. The molecular formula is C25H21N5O3. The monoisotopic (exact) mass is 439 g/mol. The molecule has 0 aliphatic carbocycles. The van der Waals surface area contributed by atoms with Crippen molar-refractivity contribution in [1.29, 1.82) is 5.26 Å². The van der Waals surface area contributed by atoms with Gasteiger partial charge >= 0.3 is 5.97 Å². The smallest absolute Gasteiger partial charge is 0.340 e. The molecule has 0 saturated heterocycles. The number of para-hydroxylation sites is 2. The Morgan fingerprint density at radius 3 is 2.48 bits per heavy atom. The molecular weight excluding hydrogens is 418 g/mol. The van der Waals surface area contributed by atoms with Gasteiger partial charge in [0.05, 0.1) is 16.8 Å². The third-order valence-electron chi connectivity index (χ3n) is 5.31. The van der Waals surface area contributed by atoms with Gasteiger partial charge in [0.25, 0.3) is 5.91 Å². The molecule has 33 heavy (non-hydrogen) atoms. The number of hydrogen-bond acceptors (Lipinski definition) is 5. The van der Waals surface area contributed by atoms with E-state index in [0.29, 0.717) is 17.1 Å². The van der Waals surface area contributed by atoms with Crippen LogP contribution in [0.2, 0.25) is 0 Å². The zero-order chi connectivity index (χ0) is 23.4. The molecule has 164 valence electrons. The minimum absolute atomic E-state index is 0.283. The van der Waals surface area contributed by atoms with Gasteiger partial charge in [-0.15, -0.1) is 0 Å². The van der Waals surface area contributed by atoms with Gasteiger partial charge in [-0.2, -0.15) is 10.4 Å². The van der Waals surface area contributed by atoms with Gasteiger partial charge in [0.1, 0.15) is 11.9 Å². The van der Waals surface area contributed by atoms with Crippen molar-refractivity contribution in [2.24, 2.45) is 0 Å². The molecule has 0 spiro atoms. The maximum Gasteiger partial charge on any atom is 0.340 e. The van der Waals surface area contributed by atoms with Crippen LogP contribution in [0.5, 0.6) is 0 Å². The number of nitrogens with zero attached hydrogens (tertiary/aromatic N) is 4. The molecule has 1 N–H and O–H groups in total. The Morgan fingerprint density at radius 2 is 1.79 bits per heavy atom. The molecule has 8 heteroatoms. The Bertz CT molecular complexity index is 1350. The van der Waals surface area contributed by atoms with Crippen molar-refractivity contribution in [1.82, 2.24) is 14.3 Å². The zero-order valence-corrected chi connectivity index (χ0v) is 18.1. The molecule has 0 saturated carbocycles. The highest BCUT2D eigenvalue weighted by Gasteiger charge is 2.22. The van der Waals surface area contributed by atoms with Crippen LogP contribution in [0, 0.1) is 25.2 Å². The summed E-state index contributed by atoms with van der Waals surface area (Å²) >= 11 is 0. The minimum atomic E-state index is -0.650. The van der Waals surface area contributed by atoms with Gasteiger partial charge in [-0.25, -0.2) is 9.48 Å². The summed E-state index contributed by atoms with van der Waals surface area (Å²) in [7, 11) is 0. The number of ether oxygens (including phenoxy) is 1. The number of nitriles is 1. The average Bonchev–Trinajstić information content (AvgIpc) is 3.45. The van der Waals surface area contributed by atoms with E-state index in [1.807, 2.05) is 44.2 Å². The normalized spacial score (nSPS) is 10.5. The highest BCUT2D eigenvalue weighted by Crippen LogP contribution is 2.29. The molecule has 0 aliphatic heterocycles. The van der Waals surface area contributed by atoms with Crippen molar-refractivity contribution >= 4 is 17.7 Å². The van der Waals surface area contributed by atoms with E-state index in [-0.39, 0.29) is 5.56 Å². The second-order valence-corrected chi connectivity index (χ2v) is 7.31. The summed E-state index contributed by atoms with van der Waals surface area (Å²) in [5.41, 5.74) is 3.59. The first-order chi connectivity index (χ1) is 16.0. The lowest BCUT2D eigenvalue weighted by molar-refractivity contribution is -0.119. The van der Waals surface area contributed by atoms with Crippen LogP contribution in [-0.2, 0) is 9.53 Å². The SMILES string of the molecule is Cc1c(C#N)c(NC(=O)COC(=O)c2ccccc2-n2cccn2)n(-c2ccccc2)c1C. The van der Waals surface area contributed by atoms with Gasteiger partial charge < -0.3 is 10.1 Å². The lowest BCUT2D eigenvalue weighted by Crippen LogP contribution is -2.23. The number of carbonyl (C=O) groups is 2. The number of rotatable bonds is 6. The molecule has 4 rings (SSSR count). The number of amides is 1. The molecule has 1 amide bonds. The summed E-state index contributed by atoms with van der Waals surface area (Å²) in [5, 5.41) is 16.6. The van der Waals surface area contributed by atoms with Crippen LogP contribution in [0.25, 0.3) is 11.4 Å². The average molecular weight is 439 g/mol. The fourth-order valence-electron chi connectivity index (χ4n) is 3.60. The van der Waals surface area contributed by atoms with Crippen LogP contribution in [0.3, 0.4) is 0 Å². The summed E-state index contributed by atoms with van der Waals surface area (Å²) in [6.45, 7) is 3.20. The number of hydrogen-bond donors (Lipinski definition) is 1. The minimum Gasteiger partial charge on any atom is -0.452 e. The van der Waals surface area contributed by atoms with Crippen molar-refractivity contribution in [2.45, 2.75) is 13.8 Å². The van der Waals surface area contributed by atoms with E-state index in [1.54, 1.807) is 52.0 Å².